The lowest BCUT2D eigenvalue weighted by atomic mass is 10.1. The highest BCUT2D eigenvalue weighted by atomic mass is 127. The molecule has 0 aromatic carbocycles. The van der Waals surface area contributed by atoms with E-state index in [1.807, 2.05) is 22.6 Å². The number of aliphatic hydroxyl groups excluding tert-OH is 3. The smallest absolute Gasteiger partial charge is 0.351 e. The standard InChI is InChI=1S/C11H14IN3O5/c1-5(16)13-7-2-3-15(11(19)14-7)10-9(18)8(17)6(4-12)20-10/h2-3,6,8-10,16-18H,1,4H2,(H,13,14,19)/t6-,8?,9-,10-/m1/s1. The van der Waals surface area contributed by atoms with E-state index in [0.717, 1.165) is 4.57 Å². The third-order valence-electron chi connectivity index (χ3n) is 2.87. The summed E-state index contributed by atoms with van der Waals surface area (Å²) in [7, 11) is 0. The average Bonchev–Trinajstić information content (AvgIpc) is 2.66. The van der Waals surface area contributed by atoms with Gasteiger partial charge in [0.25, 0.3) is 0 Å². The number of aromatic nitrogens is 2. The van der Waals surface area contributed by atoms with Crippen LogP contribution in [-0.2, 0) is 4.74 Å². The zero-order valence-electron chi connectivity index (χ0n) is 10.3. The van der Waals surface area contributed by atoms with Gasteiger partial charge in [-0.3, -0.25) is 4.57 Å². The van der Waals surface area contributed by atoms with Crippen molar-refractivity contribution in [2.75, 3.05) is 9.74 Å². The Morgan fingerprint density at radius 1 is 1.55 bits per heavy atom. The van der Waals surface area contributed by atoms with Crippen molar-refractivity contribution in [2.24, 2.45) is 0 Å². The van der Waals surface area contributed by atoms with Crippen LogP contribution < -0.4 is 11.0 Å². The second kappa shape index (κ2) is 6.08. The largest absolute Gasteiger partial charge is 0.495 e. The van der Waals surface area contributed by atoms with Crippen molar-refractivity contribution in [3.63, 3.8) is 0 Å². The highest BCUT2D eigenvalue weighted by molar-refractivity contribution is 14.1. The SMILES string of the molecule is C=C(O)Nc1ccn([C@@H]2O[C@H](CI)C(O)[C@H]2O)c(=O)n1. The maximum atomic E-state index is 11.9. The van der Waals surface area contributed by atoms with Crippen LogP contribution >= 0.6 is 22.6 Å². The average molecular weight is 395 g/mol. The number of alkyl halides is 1. The van der Waals surface area contributed by atoms with Crippen LogP contribution in [0.15, 0.2) is 29.5 Å². The summed E-state index contributed by atoms with van der Waals surface area (Å²) in [6.45, 7) is 3.22. The van der Waals surface area contributed by atoms with Gasteiger partial charge in [0.2, 0.25) is 0 Å². The topological polar surface area (TPSA) is 117 Å². The number of nitrogens with zero attached hydrogens (tertiary/aromatic N) is 2. The van der Waals surface area contributed by atoms with Crippen molar-refractivity contribution >= 4 is 28.4 Å². The summed E-state index contributed by atoms with van der Waals surface area (Å²) >= 11 is 2.02. The fourth-order valence-electron chi connectivity index (χ4n) is 1.91. The van der Waals surface area contributed by atoms with E-state index < -0.39 is 30.2 Å². The normalized spacial score (nSPS) is 29.4. The number of anilines is 1. The maximum Gasteiger partial charge on any atom is 0.351 e. The number of aliphatic hydroxyl groups is 3. The summed E-state index contributed by atoms with van der Waals surface area (Å²) in [6.07, 6.45) is -2.44. The molecule has 1 saturated heterocycles. The molecule has 2 rings (SSSR count). The lowest BCUT2D eigenvalue weighted by molar-refractivity contribution is -0.0333. The molecule has 1 aromatic heterocycles. The van der Waals surface area contributed by atoms with E-state index >= 15 is 0 Å². The molecule has 1 aliphatic rings. The first kappa shape index (κ1) is 15.2. The molecule has 0 bridgehead atoms. The molecule has 1 fully saturated rings. The number of hydrogen-bond donors (Lipinski definition) is 4. The molecule has 0 aliphatic carbocycles. The summed E-state index contributed by atoms with van der Waals surface area (Å²) in [5, 5.41) is 31.1. The van der Waals surface area contributed by atoms with Crippen LogP contribution in [0.2, 0.25) is 0 Å². The Morgan fingerprint density at radius 2 is 2.25 bits per heavy atom. The number of rotatable bonds is 4. The molecule has 110 valence electrons. The van der Waals surface area contributed by atoms with Gasteiger partial charge in [-0.15, -0.1) is 0 Å². The Morgan fingerprint density at radius 3 is 2.75 bits per heavy atom. The molecule has 1 aromatic rings. The molecule has 4 atom stereocenters. The second-order valence-corrected chi connectivity index (χ2v) is 5.16. The molecule has 0 saturated carbocycles. The van der Waals surface area contributed by atoms with Gasteiger partial charge in [-0.25, -0.2) is 4.79 Å². The van der Waals surface area contributed by atoms with Crippen molar-refractivity contribution in [1.82, 2.24) is 9.55 Å². The van der Waals surface area contributed by atoms with Crippen molar-refractivity contribution in [2.45, 2.75) is 24.5 Å². The van der Waals surface area contributed by atoms with Crippen LogP contribution in [-0.4, -0.2) is 47.6 Å². The minimum atomic E-state index is -1.21. The van der Waals surface area contributed by atoms with E-state index in [0.29, 0.717) is 4.43 Å². The van der Waals surface area contributed by atoms with Crippen LogP contribution in [0.4, 0.5) is 5.82 Å². The van der Waals surface area contributed by atoms with Gasteiger partial charge in [0.15, 0.2) is 12.1 Å². The Bertz CT molecular complexity index is 563. The van der Waals surface area contributed by atoms with E-state index in [1.54, 1.807) is 0 Å². The van der Waals surface area contributed by atoms with Crippen LogP contribution in [0.1, 0.15) is 6.23 Å². The minimum absolute atomic E-state index is 0.122. The molecule has 20 heavy (non-hydrogen) atoms. The van der Waals surface area contributed by atoms with Gasteiger partial charge >= 0.3 is 5.69 Å². The number of halogens is 1. The fourth-order valence-corrected chi connectivity index (χ4v) is 2.64. The Hall–Kier alpha value is -1.17. The van der Waals surface area contributed by atoms with Crippen LogP contribution in [0.25, 0.3) is 0 Å². The first-order valence-corrected chi connectivity index (χ1v) is 7.28. The fraction of sp³-hybridized carbons (Fsp3) is 0.455. The van der Waals surface area contributed by atoms with Crippen molar-refractivity contribution in [1.29, 1.82) is 0 Å². The quantitative estimate of drug-likeness (QED) is 0.315. The maximum absolute atomic E-state index is 11.9. The number of nitrogens with one attached hydrogen (secondary N) is 1. The molecule has 0 spiro atoms. The Kier molecular flexibility index (Phi) is 4.62. The predicted molar refractivity (Wildman–Crippen MR) is 78.7 cm³/mol. The molecule has 2 heterocycles. The molecule has 1 aliphatic heterocycles. The molecule has 8 nitrogen and oxygen atoms in total. The second-order valence-electron chi connectivity index (χ2n) is 4.27. The number of hydrogen-bond acceptors (Lipinski definition) is 7. The van der Waals surface area contributed by atoms with Gasteiger partial charge < -0.3 is 25.4 Å². The molecule has 0 radical (unpaired) electrons. The molecular formula is C11H14IN3O5. The molecule has 9 heteroatoms. The summed E-state index contributed by atoms with van der Waals surface area (Å²) in [4.78, 5) is 15.6. The predicted octanol–water partition coefficient (Wildman–Crippen LogP) is -0.261. The number of ether oxygens (including phenoxy) is 1. The summed E-state index contributed by atoms with van der Waals surface area (Å²) < 4.78 is 7.02. The molecule has 1 unspecified atom stereocenters. The zero-order valence-corrected chi connectivity index (χ0v) is 12.5. The lowest BCUT2D eigenvalue weighted by Crippen LogP contribution is -2.35. The minimum Gasteiger partial charge on any atom is -0.495 e. The van der Waals surface area contributed by atoms with Gasteiger partial charge in [0, 0.05) is 10.6 Å². The van der Waals surface area contributed by atoms with Crippen molar-refractivity contribution < 1.29 is 20.1 Å². The van der Waals surface area contributed by atoms with E-state index in [9.17, 15) is 15.0 Å². The first-order valence-electron chi connectivity index (χ1n) is 5.75. The van der Waals surface area contributed by atoms with Crippen LogP contribution in [0.5, 0.6) is 0 Å². The van der Waals surface area contributed by atoms with Gasteiger partial charge in [0.1, 0.15) is 18.0 Å². The first-order chi connectivity index (χ1) is 9.43. The van der Waals surface area contributed by atoms with Crippen molar-refractivity contribution in [3.8, 4) is 0 Å². The highest BCUT2D eigenvalue weighted by Gasteiger charge is 2.43. The Balaban J connectivity index is 2.26. The third kappa shape index (κ3) is 2.95. The Labute approximate surface area is 127 Å². The molecule has 4 N–H and O–H groups in total. The van der Waals surface area contributed by atoms with Crippen LogP contribution in [0.3, 0.4) is 0 Å². The van der Waals surface area contributed by atoms with Gasteiger partial charge in [-0.1, -0.05) is 22.6 Å². The van der Waals surface area contributed by atoms with E-state index in [-0.39, 0.29) is 11.7 Å². The zero-order chi connectivity index (χ0) is 14.9. The van der Waals surface area contributed by atoms with Gasteiger partial charge in [-0.2, -0.15) is 4.98 Å². The van der Waals surface area contributed by atoms with Crippen LogP contribution in [0, 0.1) is 0 Å². The van der Waals surface area contributed by atoms with E-state index in [1.165, 1.54) is 12.3 Å². The monoisotopic (exact) mass is 395 g/mol. The highest BCUT2D eigenvalue weighted by Crippen LogP contribution is 2.29. The van der Waals surface area contributed by atoms with Gasteiger partial charge in [-0.05, 0) is 12.6 Å². The third-order valence-corrected chi connectivity index (χ3v) is 3.73. The van der Waals surface area contributed by atoms with E-state index in [2.05, 4.69) is 16.9 Å². The summed E-state index contributed by atoms with van der Waals surface area (Å²) in [5.41, 5.74) is -0.679. The van der Waals surface area contributed by atoms with E-state index in [4.69, 9.17) is 9.84 Å². The molecule has 0 amide bonds. The summed E-state index contributed by atoms with van der Waals surface area (Å²) in [5.74, 6) is -0.218. The van der Waals surface area contributed by atoms with Crippen molar-refractivity contribution in [3.05, 3.63) is 35.2 Å². The molecular weight excluding hydrogens is 381 g/mol. The lowest BCUT2D eigenvalue weighted by Gasteiger charge is -2.17. The summed E-state index contributed by atoms with van der Waals surface area (Å²) in [6, 6.07) is 1.42. The van der Waals surface area contributed by atoms with Gasteiger partial charge in [0.05, 0.1) is 6.10 Å².